The van der Waals surface area contributed by atoms with Gasteiger partial charge in [0.1, 0.15) is 0 Å². The fourth-order valence-corrected chi connectivity index (χ4v) is 10.7. The van der Waals surface area contributed by atoms with Crippen molar-refractivity contribution in [2.45, 2.75) is 0 Å². The third kappa shape index (κ3) is 4.49. The highest BCUT2D eigenvalue weighted by Crippen LogP contribution is 2.45. The lowest BCUT2D eigenvalue weighted by molar-refractivity contribution is 1.24. The van der Waals surface area contributed by atoms with Crippen molar-refractivity contribution in [3.05, 3.63) is 200 Å². The summed E-state index contributed by atoms with van der Waals surface area (Å²) in [5, 5.41) is 7.72. The van der Waals surface area contributed by atoms with Crippen molar-refractivity contribution in [1.29, 1.82) is 0 Å². The van der Waals surface area contributed by atoms with Crippen molar-refractivity contribution in [3.8, 4) is 22.3 Å². The lowest BCUT2D eigenvalue weighted by Crippen LogP contribution is -2.10. The maximum atomic E-state index is 2.51. The van der Waals surface area contributed by atoms with Gasteiger partial charge in [-0.3, -0.25) is 0 Å². The maximum absolute atomic E-state index is 2.51. The molecule has 0 saturated heterocycles. The predicted octanol–water partition coefficient (Wildman–Crippen LogP) is 15.4. The van der Waals surface area contributed by atoms with Crippen LogP contribution < -0.4 is 4.90 Å². The highest BCUT2D eigenvalue weighted by atomic mass is 32.1. The summed E-state index contributed by atoms with van der Waals surface area (Å²) in [5.41, 5.74) is 15.5. The molecule has 4 heterocycles. The first-order chi connectivity index (χ1) is 28.8. The smallest absolute Gasteiger partial charge is 0.0789 e. The molecule has 0 bridgehead atoms. The average molecular weight is 756 g/mol. The molecule has 0 aliphatic rings. The van der Waals surface area contributed by atoms with Crippen LogP contribution in [0.3, 0.4) is 0 Å². The summed E-state index contributed by atoms with van der Waals surface area (Å²) in [6.07, 6.45) is 0. The lowest BCUT2D eigenvalue weighted by atomic mass is 10.00. The third-order valence-corrected chi connectivity index (χ3v) is 13.4. The lowest BCUT2D eigenvalue weighted by Gasteiger charge is -2.26. The molecule has 0 N–H and O–H groups in total. The SMILES string of the molecule is c1ccc(-c2ccc(-c3ccc(N(c4ccc5c(c4)sc4ccccc45)c4ccc5c(c4)n4c6ccccc6c6ccc7c8ccccc8n5c7c64)cc3)cc2)cc1. The van der Waals surface area contributed by atoms with Crippen LogP contribution in [0.1, 0.15) is 0 Å². The van der Waals surface area contributed by atoms with E-state index in [1.165, 1.54) is 97.1 Å². The third-order valence-electron chi connectivity index (χ3n) is 12.2. The highest BCUT2D eigenvalue weighted by Gasteiger charge is 2.23. The van der Waals surface area contributed by atoms with Crippen LogP contribution in [-0.2, 0) is 0 Å². The van der Waals surface area contributed by atoms with E-state index in [0.717, 1.165) is 17.1 Å². The molecule has 4 heteroatoms. The van der Waals surface area contributed by atoms with Gasteiger partial charge in [0.15, 0.2) is 0 Å². The van der Waals surface area contributed by atoms with Gasteiger partial charge in [0.2, 0.25) is 0 Å². The van der Waals surface area contributed by atoms with E-state index in [2.05, 4.69) is 214 Å². The molecule has 0 atom stereocenters. The first-order valence-corrected chi connectivity index (χ1v) is 20.7. The zero-order valence-electron chi connectivity index (χ0n) is 31.3. The van der Waals surface area contributed by atoms with E-state index < -0.39 is 0 Å². The van der Waals surface area contributed by atoms with Gasteiger partial charge in [0.05, 0.1) is 33.1 Å². The highest BCUT2D eigenvalue weighted by molar-refractivity contribution is 7.25. The van der Waals surface area contributed by atoms with Crippen molar-refractivity contribution in [2.75, 3.05) is 4.90 Å². The molecule has 3 nitrogen and oxygen atoms in total. The molecule has 0 fully saturated rings. The Labute approximate surface area is 337 Å². The number of thiophene rings is 1. The second-order valence-corrected chi connectivity index (χ2v) is 16.4. The number of benzene rings is 9. The minimum Gasteiger partial charge on any atom is -0.310 e. The van der Waals surface area contributed by atoms with E-state index in [1.54, 1.807) is 0 Å². The Morgan fingerprint density at radius 1 is 0.293 bits per heavy atom. The van der Waals surface area contributed by atoms with Crippen LogP contribution >= 0.6 is 11.3 Å². The van der Waals surface area contributed by atoms with Gasteiger partial charge >= 0.3 is 0 Å². The van der Waals surface area contributed by atoms with Crippen LogP contribution in [0, 0.1) is 0 Å². The normalized spacial score (nSPS) is 12.1. The van der Waals surface area contributed by atoms with Gasteiger partial charge in [-0.1, -0.05) is 140 Å². The molecule has 270 valence electrons. The molecule has 13 aromatic rings. The largest absolute Gasteiger partial charge is 0.310 e. The molecule has 0 radical (unpaired) electrons. The summed E-state index contributed by atoms with van der Waals surface area (Å²) < 4.78 is 7.60. The minimum atomic E-state index is 1.11. The molecule has 0 spiro atoms. The molecular weight excluding hydrogens is 723 g/mol. The van der Waals surface area contributed by atoms with Crippen molar-refractivity contribution in [3.63, 3.8) is 0 Å². The molecule has 58 heavy (non-hydrogen) atoms. The molecule has 13 rings (SSSR count). The van der Waals surface area contributed by atoms with Crippen molar-refractivity contribution in [1.82, 2.24) is 8.80 Å². The molecule has 0 aliphatic carbocycles. The van der Waals surface area contributed by atoms with E-state index in [1.807, 2.05) is 11.3 Å². The summed E-state index contributed by atoms with van der Waals surface area (Å²) in [7, 11) is 0. The van der Waals surface area contributed by atoms with Crippen LogP contribution in [0.25, 0.3) is 97.1 Å². The van der Waals surface area contributed by atoms with Gasteiger partial charge in [-0.05, 0) is 82.9 Å². The summed E-state index contributed by atoms with van der Waals surface area (Å²) in [4.78, 5) is 2.43. The fraction of sp³-hybridized carbons (Fsp3) is 0. The quantitative estimate of drug-likeness (QED) is 0.159. The van der Waals surface area contributed by atoms with Gasteiger partial charge in [-0.2, -0.15) is 0 Å². The number of nitrogens with zero attached hydrogens (tertiary/aromatic N) is 3. The molecule has 0 aliphatic heterocycles. The molecule has 0 unspecified atom stereocenters. The maximum Gasteiger partial charge on any atom is 0.0789 e. The summed E-state index contributed by atoms with van der Waals surface area (Å²) in [5.74, 6) is 0. The first-order valence-electron chi connectivity index (χ1n) is 19.8. The van der Waals surface area contributed by atoms with Gasteiger partial charge in [0, 0.05) is 58.8 Å². The van der Waals surface area contributed by atoms with Crippen molar-refractivity contribution >= 4 is 103 Å². The molecule has 0 saturated carbocycles. The Balaban J connectivity index is 1.04. The number of anilines is 3. The monoisotopic (exact) mass is 755 g/mol. The number of hydrogen-bond acceptors (Lipinski definition) is 2. The first kappa shape index (κ1) is 31.8. The van der Waals surface area contributed by atoms with Crippen LogP contribution in [0.2, 0.25) is 0 Å². The van der Waals surface area contributed by atoms with Crippen LogP contribution in [0.4, 0.5) is 17.1 Å². The van der Waals surface area contributed by atoms with Gasteiger partial charge in [0.25, 0.3) is 0 Å². The molecular formula is C54H33N3S. The van der Waals surface area contributed by atoms with Crippen LogP contribution in [0.5, 0.6) is 0 Å². The number of hydrogen-bond donors (Lipinski definition) is 0. The number of para-hydroxylation sites is 2. The summed E-state index contributed by atoms with van der Waals surface area (Å²) in [6.45, 7) is 0. The Kier molecular flexibility index (Phi) is 6.60. The second-order valence-electron chi connectivity index (χ2n) is 15.3. The second kappa shape index (κ2) is 12.1. The zero-order chi connectivity index (χ0) is 37.9. The zero-order valence-corrected chi connectivity index (χ0v) is 32.1. The predicted molar refractivity (Wildman–Crippen MR) is 248 cm³/mol. The number of rotatable bonds is 5. The van der Waals surface area contributed by atoms with Gasteiger partial charge in [-0.15, -0.1) is 11.3 Å². The van der Waals surface area contributed by atoms with E-state index in [-0.39, 0.29) is 0 Å². The number of aromatic nitrogens is 2. The van der Waals surface area contributed by atoms with Gasteiger partial charge < -0.3 is 13.7 Å². The molecule has 9 aromatic carbocycles. The van der Waals surface area contributed by atoms with E-state index in [0.29, 0.717) is 0 Å². The molecule has 0 amide bonds. The Morgan fingerprint density at radius 2 is 0.759 bits per heavy atom. The van der Waals surface area contributed by atoms with Crippen LogP contribution in [0.15, 0.2) is 200 Å². The average Bonchev–Trinajstić information content (AvgIpc) is 3.95. The summed E-state index contributed by atoms with van der Waals surface area (Å²) >= 11 is 1.86. The standard InChI is InChI=1S/C54H33N3S/c1-2-10-34(11-3-1)35-18-20-36(21-19-35)37-22-24-38(25-23-37)55(40-26-28-44-43-14-6-9-17-51(43)58-52(44)33-40)39-27-31-49-50(32-39)57-48-16-8-5-13-42(48)46-30-29-45-41-12-4-7-15-47(41)56(49)53(45)54(46)57/h1-33H. The van der Waals surface area contributed by atoms with Crippen molar-refractivity contribution in [2.24, 2.45) is 0 Å². The van der Waals surface area contributed by atoms with E-state index >= 15 is 0 Å². The number of fused-ring (bicyclic) bond motifs is 12. The van der Waals surface area contributed by atoms with Gasteiger partial charge in [-0.25, -0.2) is 0 Å². The fourth-order valence-electron chi connectivity index (χ4n) is 9.61. The van der Waals surface area contributed by atoms with E-state index in [4.69, 9.17) is 0 Å². The minimum absolute atomic E-state index is 1.11. The van der Waals surface area contributed by atoms with E-state index in [9.17, 15) is 0 Å². The van der Waals surface area contributed by atoms with Crippen LogP contribution in [-0.4, -0.2) is 8.80 Å². The topological polar surface area (TPSA) is 12.1 Å². The summed E-state index contributed by atoms with van der Waals surface area (Å²) in [6, 6.07) is 73.7. The van der Waals surface area contributed by atoms with Crippen molar-refractivity contribution < 1.29 is 0 Å². The molecule has 4 aromatic heterocycles. The Hall–Kier alpha value is -7.40. The Morgan fingerprint density at radius 3 is 1.43 bits per heavy atom. The Bertz CT molecular complexity index is 3720.